The Bertz CT molecular complexity index is 1500. The number of carbonyl (C=O) groups is 1. The predicted molar refractivity (Wildman–Crippen MR) is 154 cm³/mol. The summed E-state index contributed by atoms with van der Waals surface area (Å²) in [6, 6.07) is 13.2. The molecule has 0 saturated heterocycles. The van der Waals surface area contributed by atoms with Gasteiger partial charge in [0.25, 0.3) is 15.6 Å². The van der Waals surface area contributed by atoms with Crippen LogP contribution in [-0.2, 0) is 26.1 Å². The van der Waals surface area contributed by atoms with Gasteiger partial charge in [-0.15, -0.1) is 0 Å². The summed E-state index contributed by atoms with van der Waals surface area (Å²) < 4.78 is 35.4. The van der Waals surface area contributed by atoms with Crippen LogP contribution in [0.2, 0.25) is 0 Å². The van der Waals surface area contributed by atoms with E-state index in [1.54, 1.807) is 34.9 Å². The first-order valence-corrected chi connectivity index (χ1v) is 15.5. The van der Waals surface area contributed by atoms with Gasteiger partial charge in [0.1, 0.15) is 5.84 Å². The fourth-order valence-electron chi connectivity index (χ4n) is 4.16. The largest absolute Gasteiger partial charge is 0.382 e. The molecule has 0 bridgehead atoms. The van der Waals surface area contributed by atoms with Gasteiger partial charge in [-0.1, -0.05) is 36.4 Å². The normalized spacial score (nSPS) is 14.0. The lowest BCUT2D eigenvalue weighted by atomic mass is 10.2. The Balaban J connectivity index is 1.44. The highest BCUT2D eigenvalue weighted by molar-refractivity contribution is 7.99. The summed E-state index contributed by atoms with van der Waals surface area (Å²) in [6.45, 7) is 4.05. The van der Waals surface area contributed by atoms with Crippen LogP contribution in [0.15, 0.2) is 68.4 Å². The Morgan fingerprint density at radius 3 is 2.82 bits per heavy atom. The van der Waals surface area contributed by atoms with Crippen molar-refractivity contribution in [3.05, 3.63) is 58.9 Å². The minimum atomic E-state index is -3.83. The van der Waals surface area contributed by atoms with Gasteiger partial charge in [-0.25, -0.2) is 13.4 Å². The van der Waals surface area contributed by atoms with Gasteiger partial charge in [0.15, 0.2) is 5.16 Å². The number of rotatable bonds is 11. The number of fused-ring (bicyclic) bond motifs is 1. The maximum Gasteiger partial charge on any atom is 0.262 e. The number of hydrogen-bond acceptors (Lipinski definition) is 8. The van der Waals surface area contributed by atoms with Gasteiger partial charge in [0, 0.05) is 38.4 Å². The lowest BCUT2D eigenvalue weighted by Gasteiger charge is -2.13. The number of anilines is 1. The number of carbonyl (C=O) groups excluding carboxylic acids is 1. The van der Waals surface area contributed by atoms with Crippen molar-refractivity contribution in [3.8, 4) is 0 Å². The van der Waals surface area contributed by atoms with Crippen LogP contribution >= 0.6 is 11.8 Å². The molecule has 4 rings (SSSR count). The second kappa shape index (κ2) is 13.7. The van der Waals surface area contributed by atoms with Crippen LogP contribution in [0.25, 0.3) is 10.9 Å². The number of para-hydroxylation sites is 1. The topological polar surface area (TPSA) is 132 Å². The molecule has 0 spiro atoms. The minimum absolute atomic E-state index is 0.0116. The van der Waals surface area contributed by atoms with Gasteiger partial charge in [0.2, 0.25) is 5.91 Å². The first kappa shape index (κ1) is 28.8. The van der Waals surface area contributed by atoms with Crippen LogP contribution in [0, 0.1) is 0 Å². The third kappa shape index (κ3) is 7.90. The third-order valence-corrected chi connectivity index (χ3v) is 8.44. The molecule has 208 valence electrons. The molecule has 1 aromatic heterocycles. The molecule has 1 aliphatic rings. The van der Waals surface area contributed by atoms with E-state index in [2.05, 4.69) is 20.0 Å². The number of amidine groups is 1. The number of nitrogens with zero attached hydrogens (tertiary/aromatic N) is 3. The molecule has 0 saturated carbocycles. The minimum Gasteiger partial charge on any atom is -0.382 e. The van der Waals surface area contributed by atoms with Gasteiger partial charge in [-0.3, -0.25) is 23.9 Å². The smallest absolute Gasteiger partial charge is 0.262 e. The van der Waals surface area contributed by atoms with Crippen LogP contribution in [0.5, 0.6) is 0 Å². The molecule has 39 heavy (non-hydrogen) atoms. The molecule has 1 amide bonds. The number of hydrogen-bond donors (Lipinski definition) is 2. The van der Waals surface area contributed by atoms with Crippen LogP contribution in [0.3, 0.4) is 0 Å². The summed E-state index contributed by atoms with van der Waals surface area (Å²) in [6.07, 6.45) is 4.08. The number of thioether (sulfide) groups is 1. The molecule has 2 aromatic carbocycles. The standard InChI is InChI=1S/C27H33N5O5S2/c1-2-37-17-9-16-32-26(34)22-12-5-6-13-23(22)30-27(32)38-19-25(33)29-20-10-8-11-21(18-20)39(35,36)31-24-14-4-3-7-15-28-24/h5-6,8,10-13,18H,2-4,7,9,14-17,19H2,1H3,(H,28,31)(H,29,33). The number of aliphatic imine (C=N–C) groups is 1. The Morgan fingerprint density at radius 1 is 1.13 bits per heavy atom. The highest BCUT2D eigenvalue weighted by atomic mass is 32.2. The van der Waals surface area contributed by atoms with E-state index in [0.29, 0.717) is 66.7 Å². The fraction of sp³-hybridized carbons (Fsp3) is 0.407. The third-order valence-electron chi connectivity index (χ3n) is 6.09. The number of amides is 1. The van der Waals surface area contributed by atoms with E-state index in [9.17, 15) is 18.0 Å². The van der Waals surface area contributed by atoms with Gasteiger partial charge >= 0.3 is 0 Å². The first-order valence-electron chi connectivity index (χ1n) is 13.0. The van der Waals surface area contributed by atoms with Crippen molar-refractivity contribution in [1.82, 2.24) is 14.3 Å². The quantitative estimate of drug-likeness (QED) is 0.203. The molecular formula is C27H33N5O5S2. The van der Waals surface area contributed by atoms with Gasteiger partial charge in [0.05, 0.1) is 21.6 Å². The molecule has 12 heteroatoms. The lowest BCUT2D eigenvalue weighted by Crippen LogP contribution is -2.30. The van der Waals surface area contributed by atoms with Crippen molar-refractivity contribution in [2.24, 2.45) is 4.99 Å². The van der Waals surface area contributed by atoms with E-state index in [1.165, 1.54) is 12.1 Å². The van der Waals surface area contributed by atoms with Crippen molar-refractivity contribution in [1.29, 1.82) is 0 Å². The number of ether oxygens (including phenoxy) is 1. The molecule has 3 aromatic rings. The number of nitrogens with one attached hydrogen (secondary N) is 2. The zero-order chi connectivity index (χ0) is 27.7. The predicted octanol–water partition coefficient (Wildman–Crippen LogP) is 3.80. The SMILES string of the molecule is CCOCCCn1c(SCC(=O)Nc2cccc(S(=O)(=O)NC3=NCCCCC3)c2)nc2ccccc2c1=O. The Kier molecular flexibility index (Phi) is 10.1. The van der Waals surface area contributed by atoms with E-state index < -0.39 is 10.0 Å². The molecule has 0 radical (unpaired) electrons. The zero-order valence-corrected chi connectivity index (χ0v) is 23.5. The maximum absolute atomic E-state index is 13.1. The van der Waals surface area contributed by atoms with Crippen molar-refractivity contribution in [3.63, 3.8) is 0 Å². The number of benzene rings is 2. The van der Waals surface area contributed by atoms with E-state index in [-0.39, 0.29) is 22.1 Å². The van der Waals surface area contributed by atoms with Crippen LogP contribution < -0.4 is 15.6 Å². The Hall–Kier alpha value is -3.22. The zero-order valence-electron chi connectivity index (χ0n) is 21.9. The summed E-state index contributed by atoms with van der Waals surface area (Å²) in [5.74, 6) is 0.106. The average Bonchev–Trinajstić information content (AvgIpc) is 3.19. The average molecular weight is 572 g/mol. The Morgan fingerprint density at radius 2 is 1.97 bits per heavy atom. The van der Waals surface area contributed by atoms with Gasteiger partial charge in [-0.05, 0) is 56.5 Å². The van der Waals surface area contributed by atoms with Crippen LogP contribution in [0.4, 0.5) is 5.69 Å². The van der Waals surface area contributed by atoms with Crippen molar-refractivity contribution >= 4 is 50.1 Å². The van der Waals surface area contributed by atoms with Crippen molar-refractivity contribution in [2.75, 3.05) is 30.8 Å². The summed E-state index contributed by atoms with van der Waals surface area (Å²) in [5, 5.41) is 3.71. The number of aromatic nitrogens is 2. The molecule has 0 unspecified atom stereocenters. The molecule has 1 aliphatic heterocycles. The van der Waals surface area contributed by atoms with E-state index in [1.807, 2.05) is 13.0 Å². The van der Waals surface area contributed by atoms with E-state index >= 15 is 0 Å². The molecule has 2 N–H and O–H groups in total. The first-order chi connectivity index (χ1) is 18.9. The monoisotopic (exact) mass is 571 g/mol. The van der Waals surface area contributed by atoms with E-state index in [4.69, 9.17) is 4.74 Å². The number of sulfonamides is 1. The molecule has 0 fully saturated rings. The molecule has 10 nitrogen and oxygen atoms in total. The maximum atomic E-state index is 13.1. The highest BCUT2D eigenvalue weighted by Crippen LogP contribution is 2.20. The van der Waals surface area contributed by atoms with E-state index in [0.717, 1.165) is 31.0 Å². The fourth-order valence-corrected chi connectivity index (χ4v) is 6.12. The van der Waals surface area contributed by atoms with Crippen LogP contribution in [0.1, 0.15) is 39.0 Å². The van der Waals surface area contributed by atoms with Crippen LogP contribution in [-0.4, -0.2) is 55.2 Å². The second-order valence-electron chi connectivity index (χ2n) is 9.03. The van der Waals surface area contributed by atoms with Gasteiger partial charge in [-0.2, -0.15) is 0 Å². The summed E-state index contributed by atoms with van der Waals surface area (Å²) in [7, 11) is -3.83. The second-order valence-corrected chi connectivity index (χ2v) is 11.7. The molecule has 2 heterocycles. The molecule has 0 aliphatic carbocycles. The highest BCUT2D eigenvalue weighted by Gasteiger charge is 2.18. The Labute approximate surface area is 232 Å². The van der Waals surface area contributed by atoms with Gasteiger partial charge < -0.3 is 10.1 Å². The van der Waals surface area contributed by atoms with Crippen molar-refractivity contribution in [2.45, 2.75) is 55.6 Å². The molecule has 0 atom stereocenters. The summed E-state index contributed by atoms with van der Waals surface area (Å²) >= 11 is 1.15. The van der Waals surface area contributed by atoms with Crippen molar-refractivity contribution < 1.29 is 17.9 Å². The lowest BCUT2D eigenvalue weighted by molar-refractivity contribution is -0.113. The summed E-state index contributed by atoms with van der Waals surface area (Å²) in [5.41, 5.74) is 0.755. The summed E-state index contributed by atoms with van der Waals surface area (Å²) in [4.78, 5) is 35.0. The molecular weight excluding hydrogens is 538 g/mol.